The van der Waals surface area contributed by atoms with Crippen LogP contribution in [0, 0.1) is 0 Å². The lowest BCUT2D eigenvalue weighted by molar-refractivity contribution is 0.483. The van der Waals surface area contributed by atoms with Gasteiger partial charge in [0, 0.05) is 17.5 Å². The minimum absolute atomic E-state index is 0.0690. The first-order valence-corrected chi connectivity index (χ1v) is 8.19. The van der Waals surface area contributed by atoms with Crippen LogP contribution in [0.4, 0.5) is 0 Å². The molecule has 3 N–H and O–H groups in total. The van der Waals surface area contributed by atoms with Gasteiger partial charge in [-0.05, 0) is 27.4 Å². The van der Waals surface area contributed by atoms with Gasteiger partial charge in [0.05, 0.1) is 6.54 Å². The van der Waals surface area contributed by atoms with Gasteiger partial charge < -0.3 is 10.2 Å². The zero-order chi connectivity index (χ0) is 13.2. The molecule has 98 valence electrons. The molecule has 0 fully saturated rings. The van der Waals surface area contributed by atoms with Crippen LogP contribution in [0.3, 0.4) is 0 Å². The van der Waals surface area contributed by atoms with Crippen molar-refractivity contribution in [1.82, 2.24) is 4.72 Å². The summed E-state index contributed by atoms with van der Waals surface area (Å²) in [5, 5.41) is 1.89. The Morgan fingerprint density at radius 1 is 1.50 bits per heavy atom. The molecule has 0 radical (unpaired) electrons. The highest BCUT2D eigenvalue weighted by Crippen LogP contribution is 2.26. The molecule has 0 bridgehead atoms. The summed E-state index contributed by atoms with van der Waals surface area (Å²) in [7, 11) is -3.60. The highest BCUT2D eigenvalue weighted by atomic mass is 79.9. The summed E-state index contributed by atoms with van der Waals surface area (Å²) >= 11 is 4.56. The summed E-state index contributed by atoms with van der Waals surface area (Å²) in [6.45, 7) is 0.411. The number of halogens is 1. The van der Waals surface area contributed by atoms with E-state index >= 15 is 0 Å². The highest BCUT2D eigenvalue weighted by Gasteiger charge is 2.21. The van der Waals surface area contributed by atoms with E-state index in [0.29, 0.717) is 5.76 Å². The third kappa shape index (κ3) is 3.01. The molecular formula is C10H11BrN2O3S2. The first-order chi connectivity index (χ1) is 8.53. The zero-order valence-electron chi connectivity index (χ0n) is 9.22. The van der Waals surface area contributed by atoms with Crippen molar-refractivity contribution < 1.29 is 12.8 Å². The number of sulfonamides is 1. The van der Waals surface area contributed by atoms with E-state index in [4.69, 9.17) is 10.2 Å². The van der Waals surface area contributed by atoms with Gasteiger partial charge in [-0.3, -0.25) is 0 Å². The Bertz CT molecular complexity index is 620. The van der Waals surface area contributed by atoms with Crippen LogP contribution in [0.5, 0.6) is 0 Å². The van der Waals surface area contributed by atoms with E-state index in [1.807, 2.05) is 17.5 Å². The summed E-state index contributed by atoms with van der Waals surface area (Å²) in [5.41, 5.74) is 5.40. The zero-order valence-corrected chi connectivity index (χ0v) is 12.4. The van der Waals surface area contributed by atoms with Gasteiger partial charge in [0.1, 0.15) is 10.7 Å². The van der Waals surface area contributed by atoms with Crippen LogP contribution >= 0.6 is 27.3 Å². The smallest absolute Gasteiger partial charge is 0.245 e. The maximum absolute atomic E-state index is 12.0. The number of hydrogen-bond donors (Lipinski definition) is 2. The van der Waals surface area contributed by atoms with Crippen molar-refractivity contribution in [2.24, 2.45) is 5.73 Å². The van der Waals surface area contributed by atoms with Gasteiger partial charge in [-0.1, -0.05) is 6.07 Å². The lowest BCUT2D eigenvalue weighted by Crippen LogP contribution is -2.22. The first kappa shape index (κ1) is 13.8. The molecule has 2 aromatic rings. The van der Waals surface area contributed by atoms with Gasteiger partial charge in [0.2, 0.25) is 10.0 Å². The number of nitrogens with two attached hydrogens (primary N) is 1. The van der Waals surface area contributed by atoms with Crippen LogP contribution in [0.15, 0.2) is 37.6 Å². The molecule has 2 rings (SSSR count). The van der Waals surface area contributed by atoms with Crippen LogP contribution in [0.1, 0.15) is 10.6 Å². The molecule has 2 heterocycles. The highest BCUT2D eigenvalue weighted by molar-refractivity contribution is 9.10. The Morgan fingerprint density at radius 2 is 2.28 bits per heavy atom. The lowest BCUT2D eigenvalue weighted by Gasteiger charge is -2.03. The van der Waals surface area contributed by atoms with Crippen LogP contribution in [-0.4, -0.2) is 8.42 Å². The molecule has 18 heavy (non-hydrogen) atoms. The van der Waals surface area contributed by atoms with Gasteiger partial charge >= 0.3 is 0 Å². The van der Waals surface area contributed by atoms with Gasteiger partial charge in [0.15, 0.2) is 4.67 Å². The van der Waals surface area contributed by atoms with Gasteiger partial charge in [0.25, 0.3) is 0 Å². The predicted octanol–water partition coefficient (Wildman–Crippen LogP) is 2.04. The van der Waals surface area contributed by atoms with Crippen molar-refractivity contribution in [1.29, 1.82) is 0 Å². The van der Waals surface area contributed by atoms with Crippen molar-refractivity contribution >= 4 is 37.3 Å². The normalized spacial score (nSPS) is 11.9. The Labute approximate surface area is 117 Å². The fourth-order valence-corrected chi connectivity index (χ4v) is 4.08. The van der Waals surface area contributed by atoms with E-state index in [9.17, 15) is 8.42 Å². The fourth-order valence-electron chi connectivity index (χ4n) is 1.34. The first-order valence-electron chi connectivity index (χ1n) is 5.03. The summed E-state index contributed by atoms with van der Waals surface area (Å²) in [4.78, 5) is 1.01. The molecule has 0 saturated carbocycles. The molecule has 0 saturated heterocycles. The second kappa shape index (κ2) is 5.54. The van der Waals surface area contributed by atoms with Gasteiger partial charge in [-0.25, -0.2) is 13.1 Å². The van der Waals surface area contributed by atoms with Crippen molar-refractivity contribution in [3.8, 4) is 0 Å². The minimum Gasteiger partial charge on any atom is -0.452 e. The second-order valence-electron chi connectivity index (χ2n) is 3.46. The Balaban J connectivity index is 2.17. The monoisotopic (exact) mass is 350 g/mol. The standard InChI is InChI=1S/C10H11BrN2O3S2/c11-10-9(4-7(5-12)16-10)18(14,15)13-6-8-2-1-3-17-8/h1-4,13H,5-6,12H2. The van der Waals surface area contributed by atoms with Crippen LogP contribution in [0.25, 0.3) is 0 Å². The number of rotatable bonds is 5. The largest absolute Gasteiger partial charge is 0.452 e. The molecule has 0 aliphatic carbocycles. The fraction of sp³-hybridized carbons (Fsp3) is 0.200. The number of nitrogens with one attached hydrogen (secondary N) is 1. The van der Waals surface area contributed by atoms with Crippen LogP contribution in [-0.2, 0) is 23.1 Å². The Morgan fingerprint density at radius 3 is 2.83 bits per heavy atom. The summed E-state index contributed by atoms with van der Waals surface area (Å²) < 4.78 is 31.9. The molecule has 0 aromatic carbocycles. The summed E-state index contributed by atoms with van der Waals surface area (Å²) in [6, 6.07) is 5.15. The third-order valence-corrected chi connectivity index (χ3v) is 5.35. The lowest BCUT2D eigenvalue weighted by atomic mass is 10.5. The molecule has 0 aliphatic heterocycles. The molecular weight excluding hydrogens is 340 g/mol. The maximum atomic E-state index is 12.0. The molecule has 5 nitrogen and oxygen atoms in total. The topological polar surface area (TPSA) is 85.3 Å². The summed E-state index contributed by atoms with van der Waals surface area (Å²) in [5.74, 6) is 0.415. The van der Waals surface area contributed by atoms with E-state index in [-0.39, 0.29) is 22.7 Å². The Hall–Kier alpha value is -0.670. The average Bonchev–Trinajstić information content (AvgIpc) is 2.95. The van der Waals surface area contributed by atoms with E-state index in [1.54, 1.807) is 0 Å². The van der Waals surface area contributed by atoms with Crippen molar-refractivity contribution in [2.45, 2.75) is 18.0 Å². The number of hydrogen-bond acceptors (Lipinski definition) is 5. The molecule has 0 amide bonds. The maximum Gasteiger partial charge on any atom is 0.245 e. The van der Waals surface area contributed by atoms with Crippen molar-refractivity contribution in [3.63, 3.8) is 0 Å². The SMILES string of the molecule is NCc1cc(S(=O)(=O)NCc2cccs2)c(Br)o1. The summed E-state index contributed by atoms with van der Waals surface area (Å²) in [6.07, 6.45) is 0. The second-order valence-corrected chi connectivity index (χ2v) is 6.95. The van der Waals surface area contributed by atoms with E-state index < -0.39 is 10.0 Å². The van der Waals surface area contributed by atoms with Crippen LogP contribution < -0.4 is 10.5 Å². The number of thiophene rings is 1. The molecule has 8 heteroatoms. The molecule has 0 atom stereocenters. The van der Waals surface area contributed by atoms with Crippen LogP contribution in [0.2, 0.25) is 0 Å². The quantitative estimate of drug-likeness (QED) is 0.863. The van der Waals surface area contributed by atoms with Gasteiger partial charge in [-0.15, -0.1) is 11.3 Å². The average molecular weight is 351 g/mol. The molecule has 0 aliphatic rings. The Kier molecular flexibility index (Phi) is 4.23. The van der Waals surface area contributed by atoms with Crippen molar-refractivity contribution in [2.75, 3.05) is 0 Å². The number of furan rings is 1. The molecule has 2 aromatic heterocycles. The molecule has 0 unspecified atom stereocenters. The third-order valence-electron chi connectivity index (χ3n) is 2.21. The van der Waals surface area contributed by atoms with E-state index in [0.717, 1.165) is 4.88 Å². The van der Waals surface area contributed by atoms with E-state index in [1.165, 1.54) is 17.4 Å². The minimum atomic E-state index is -3.60. The van der Waals surface area contributed by atoms with Gasteiger partial charge in [-0.2, -0.15) is 0 Å². The van der Waals surface area contributed by atoms with E-state index in [2.05, 4.69) is 20.7 Å². The molecule has 0 spiro atoms. The van der Waals surface area contributed by atoms with Crippen molar-refractivity contribution in [3.05, 3.63) is 38.9 Å². The predicted molar refractivity (Wildman–Crippen MR) is 72.6 cm³/mol.